The Bertz CT molecular complexity index is 355. The zero-order chi connectivity index (χ0) is 16.7. The second-order valence-electron chi connectivity index (χ2n) is 9.06. The lowest BCUT2D eigenvalue weighted by Crippen LogP contribution is -2.58. The van der Waals surface area contributed by atoms with Crippen LogP contribution >= 0.6 is 0 Å². The molecule has 1 aliphatic rings. The molecule has 0 N–H and O–H groups in total. The van der Waals surface area contributed by atoms with Crippen molar-refractivity contribution >= 4 is 42.3 Å². The van der Waals surface area contributed by atoms with Crippen LogP contribution in [0.4, 0.5) is 0 Å². The molecule has 1 fully saturated rings. The maximum absolute atomic E-state index is 6.58. The van der Waals surface area contributed by atoms with Crippen LogP contribution < -0.4 is 0 Å². The summed E-state index contributed by atoms with van der Waals surface area (Å²) in [4.78, 5) is 0. The monoisotopic (exact) mass is 382 g/mol. The van der Waals surface area contributed by atoms with Gasteiger partial charge in [-0.15, -0.1) is 0 Å². The highest BCUT2D eigenvalue weighted by Crippen LogP contribution is 2.40. The predicted octanol–water partition coefficient (Wildman–Crippen LogP) is 4.58. The summed E-state index contributed by atoms with van der Waals surface area (Å²) in [7, 11) is -9.71. The van der Waals surface area contributed by atoms with Crippen molar-refractivity contribution in [2.24, 2.45) is 0 Å². The minimum absolute atomic E-state index is 0.939. The Balaban J connectivity index is 2.96. The molecule has 4 nitrogen and oxygen atoms in total. The molecular formula is C12H34O4Si5. The van der Waals surface area contributed by atoms with E-state index in [2.05, 4.69) is 65.5 Å². The van der Waals surface area contributed by atoms with Gasteiger partial charge in [-0.1, -0.05) is 0 Å². The van der Waals surface area contributed by atoms with Crippen LogP contribution in [0.3, 0.4) is 0 Å². The van der Waals surface area contributed by atoms with E-state index in [4.69, 9.17) is 16.5 Å². The topological polar surface area (TPSA) is 36.9 Å². The van der Waals surface area contributed by atoms with Gasteiger partial charge in [0.15, 0.2) is 25.0 Å². The molecule has 0 aromatic rings. The average Bonchev–Trinajstić information content (AvgIpc) is 2.31. The van der Waals surface area contributed by atoms with Crippen LogP contribution in [0, 0.1) is 0 Å². The van der Waals surface area contributed by atoms with Gasteiger partial charge < -0.3 is 16.5 Å². The number of hydrogen-bond donors (Lipinski definition) is 0. The lowest BCUT2D eigenvalue weighted by atomic mass is 10.9. The standard InChI is InChI=1S/C12H34O4Si5/c1-17(2,3)13-20(10)11-12-21(16-20,14-18(4,5)6)15-19(7,8)9/h11-12H2,1-10H3. The Kier molecular flexibility index (Phi) is 5.79. The molecule has 0 aliphatic carbocycles. The quantitative estimate of drug-likeness (QED) is 0.630. The van der Waals surface area contributed by atoms with E-state index in [9.17, 15) is 0 Å². The molecule has 0 saturated carbocycles. The minimum atomic E-state index is -2.56. The second-order valence-corrected chi connectivity index (χ2v) is 29.6. The minimum Gasteiger partial charge on any atom is -0.437 e. The van der Waals surface area contributed by atoms with Crippen LogP contribution in [0.2, 0.25) is 77.6 Å². The van der Waals surface area contributed by atoms with Gasteiger partial charge in [-0.05, 0) is 71.5 Å². The van der Waals surface area contributed by atoms with Gasteiger partial charge in [0.2, 0.25) is 0 Å². The zero-order valence-electron chi connectivity index (χ0n) is 15.5. The molecule has 0 bridgehead atoms. The lowest BCUT2D eigenvalue weighted by molar-refractivity contribution is 0.246. The summed E-state index contributed by atoms with van der Waals surface area (Å²) in [6.45, 7) is 22.2. The first-order valence-corrected chi connectivity index (χ1v) is 22.5. The number of hydrogen-bond acceptors (Lipinski definition) is 4. The maximum Gasteiger partial charge on any atom is 0.470 e. The van der Waals surface area contributed by atoms with Crippen molar-refractivity contribution in [2.45, 2.75) is 77.6 Å². The Morgan fingerprint density at radius 3 is 1.38 bits per heavy atom. The smallest absolute Gasteiger partial charge is 0.437 e. The molecule has 126 valence electrons. The molecule has 21 heavy (non-hydrogen) atoms. The summed E-state index contributed by atoms with van der Waals surface area (Å²) in [6.07, 6.45) is 0. The highest BCUT2D eigenvalue weighted by Gasteiger charge is 2.59. The van der Waals surface area contributed by atoms with Crippen LogP contribution in [0.1, 0.15) is 0 Å². The Labute approximate surface area is 136 Å². The summed E-state index contributed by atoms with van der Waals surface area (Å²) in [5.74, 6) is 0. The molecule has 1 rings (SSSR count). The van der Waals surface area contributed by atoms with Crippen molar-refractivity contribution in [1.29, 1.82) is 0 Å². The van der Waals surface area contributed by atoms with Gasteiger partial charge in [-0.25, -0.2) is 0 Å². The summed E-state index contributed by atoms with van der Waals surface area (Å²) in [5, 5.41) is 0. The molecule has 0 spiro atoms. The Hall–Kier alpha value is 0.924. The first-order chi connectivity index (χ1) is 9.04. The van der Waals surface area contributed by atoms with Crippen LogP contribution in [-0.4, -0.2) is 42.3 Å². The fourth-order valence-electron chi connectivity index (χ4n) is 2.63. The van der Waals surface area contributed by atoms with Crippen LogP contribution in [-0.2, 0) is 16.5 Å². The normalized spacial score (nSPS) is 27.1. The van der Waals surface area contributed by atoms with Crippen molar-refractivity contribution < 1.29 is 16.5 Å². The average molecular weight is 383 g/mol. The summed E-state index contributed by atoms with van der Waals surface area (Å²) in [5.41, 5.74) is 0. The molecule has 1 unspecified atom stereocenters. The van der Waals surface area contributed by atoms with E-state index in [-0.39, 0.29) is 0 Å². The van der Waals surface area contributed by atoms with Gasteiger partial charge in [0, 0.05) is 6.04 Å². The third-order valence-electron chi connectivity index (χ3n) is 2.70. The third kappa shape index (κ3) is 7.35. The molecule has 1 saturated heterocycles. The van der Waals surface area contributed by atoms with Gasteiger partial charge in [0.05, 0.1) is 0 Å². The van der Waals surface area contributed by atoms with E-state index in [1.165, 1.54) is 0 Å². The molecular weight excluding hydrogens is 349 g/mol. The van der Waals surface area contributed by atoms with Crippen molar-refractivity contribution in [2.75, 3.05) is 0 Å². The van der Waals surface area contributed by atoms with Crippen molar-refractivity contribution in [3.63, 3.8) is 0 Å². The first kappa shape index (κ1) is 20.0. The Morgan fingerprint density at radius 2 is 1.05 bits per heavy atom. The fourth-order valence-corrected chi connectivity index (χ4v) is 25.2. The van der Waals surface area contributed by atoms with Gasteiger partial charge in [-0.3, -0.25) is 0 Å². The molecule has 1 atom stereocenters. The molecule has 0 aromatic carbocycles. The Morgan fingerprint density at radius 1 is 0.667 bits per heavy atom. The van der Waals surface area contributed by atoms with Crippen molar-refractivity contribution in [1.82, 2.24) is 0 Å². The number of rotatable bonds is 6. The van der Waals surface area contributed by atoms with E-state index < -0.39 is 42.3 Å². The van der Waals surface area contributed by atoms with E-state index in [1.54, 1.807) is 0 Å². The van der Waals surface area contributed by atoms with E-state index in [1.807, 2.05) is 0 Å². The van der Waals surface area contributed by atoms with Gasteiger partial charge in [0.1, 0.15) is 0 Å². The van der Waals surface area contributed by atoms with Crippen LogP contribution in [0.5, 0.6) is 0 Å². The third-order valence-corrected chi connectivity index (χ3v) is 19.8. The van der Waals surface area contributed by atoms with E-state index in [0.717, 1.165) is 12.1 Å². The van der Waals surface area contributed by atoms with Crippen LogP contribution in [0.15, 0.2) is 0 Å². The van der Waals surface area contributed by atoms with E-state index >= 15 is 0 Å². The van der Waals surface area contributed by atoms with E-state index in [0.29, 0.717) is 0 Å². The molecule has 1 aliphatic heterocycles. The summed E-state index contributed by atoms with van der Waals surface area (Å²) in [6, 6.07) is 1.95. The fraction of sp³-hybridized carbons (Fsp3) is 1.00. The second kappa shape index (κ2) is 6.09. The summed E-state index contributed by atoms with van der Waals surface area (Å²) < 4.78 is 26.0. The van der Waals surface area contributed by atoms with Gasteiger partial charge in [0.25, 0.3) is 0 Å². The van der Waals surface area contributed by atoms with Crippen molar-refractivity contribution in [3.05, 3.63) is 0 Å². The first-order valence-electron chi connectivity index (χ1n) is 7.84. The molecule has 1 heterocycles. The molecule has 0 radical (unpaired) electrons. The molecule has 0 amide bonds. The largest absolute Gasteiger partial charge is 0.470 e. The predicted molar refractivity (Wildman–Crippen MR) is 101 cm³/mol. The SMILES string of the molecule is C[Si](C)(C)O[Si]1(C)CC[Si](O[Si](C)(C)C)(O[Si](C)(C)C)O1. The highest BCUT2D eigenvalue weighted by atomic mass is 28.5. The lowest BCUT2D eigenvalue weighted by Gasteiger charge is -2.39. The molecule has 0 aromatic heterocycles. The van der Waals surface area contributed by atoms with Crippen LogP contribution in [0.25, 0.3) is 0 Å². The van der Waals surface area contributed by atoms with Crippen molar-refractivity contribution in [3.8, 4) is 0 Å². The van der Waals surface area contributed by atoms with Gasteiger partial charge >= 0.3 is 17.4 Å². The zero-order valence-corrected chi connectivity index (χ0v) is 20.5. The summed E-state index contributed by atoms with van der Waals surface area (Å²) >= 11 is 0. The maximum atomic E-state index is 6.58. The highest BCUT2D eigenvalue weighted by molar-refractivity contribution is 6.94. The van der Waals surface area contributed by atoms with Gasteiger partial charge in [-0.2, -0.15) is 0 Å². The molecule has 9 heteroatoms.